The predicted octanol–water partition coefficient (Wildman–Crippen LogP) is 0.165. The topological polar surface area (TPSA) is 68.6 Å². The molecule has 0 saturated carbocycles. The zero-order valence-electron chi connectivity index (χ0n) is 11.8. The summed E-state index contributed by atoms with van der Waals surface area (Å²) in [6.07, 6.45) is 2.84. The fourth-order valence-corrected chi connectivity index (χ4v) is 3.05. The number of piperidine rings is 1. The van der Waals surface area contributed by atoms with E-state index in [1.54, 1.807) is 15.3 Å². The quantitative estimate of drug-likeness (QED) is 0.866. The maximum Gasteiger partial charge on any atom is 0.350 e. The molecule has 0 spiro atoms. The van der Waals surface area contributed by atoms with Gasteiger partial charge in [-0.1, -0.05) is 13.0 Å². The van der Waals surface area contributed by atoms with Gasteiger partial charge >= 0.3 is 5.69 Å². The van der Waals surface area contributed by atoms with Crippen LogP contribution in [0.25, 0.3) is 5.65 Å². The van der Waals surface area contributed by atoms with Crippen LogP contribution in [-0.4, -0.2) is 44.8 Å². The maximum absolute atomic E-state index is 12.2. The van der Waals surface area contributed by atoms with Crippen LogP contribution in [0.5, 0.6) is 0 Å². The lowest BCUT2D eigenvalue weighted by molar-refractivity contribution is 0.158. The molecule has 1 saturated heterocycles. The van der Waals surface area contributed by atoms with Gasteiger partial charge in [0.25, 0.3) is 0 Å². The average Bonchev–Trinajstić information content (AvgIpc) is 2.73. The second-order valence-corrected chi connectivity index (χ2v) is 5.80. The molecule has 1 fully saturated rings. The number of hydrogen-bond acceptors (Lipinski definition) is 4. The first-order valence-electron chi connectivity index (χ1n) is 7.15. The molecule has 1 aliphatic rings. The van der Waals surface area contributed by atoms with E-state index in [0.717, 1.165) is 26.1 Å². The molecular weight excluding hydrogens is 254 g/mol. The second kappa shape index (κ2) is 5.38. The first kappa shape index (κ1) is 13.3. The lowest BCUT2D eigenvalue weighted by atomic mass is 9.97. The van der Waals surface area contributed by atoms with Crippen LogP contribution >= 0.6 is 0 Å². The molecular formula is C14H21N5O. The number of nitrogens with two attached hydrogens (primary N) is 1. The molecule has 3 heterocycles. The molecule has 0 bridgehead atoms. The molecule has 108 valence electrons. The minimum absolute atomic E-state index is 0.0741. The number of fused-ring (bicyclic) bond motifs is 1. The van der Waals surface area contributed by atoms with Crippen LogP contribution in [0.1, 0.15) is 13.3 Å². The van der Waals surface area contributed by atoms with Crippen LogP contribution in [0.3, 0.4) is 0 Å². The van der Waals surface area contributed by atoms with E-state index in [1.807, 2.05) is 18.2 Å². The third-order valence-electron chi connectivity index (χ3n) is 3.88. The van der Waals surface area contributed by atoms with E-state index < -0.39 is 0 Å². The van der Waals surface area contributed by atoms with Crippen molar-refractivity contribution in [2.45, 2.75) is 25.9 Å². The average molecular weight is 275 g/mol. The van der Waals surface area contributed by atoms with Crippen LogP contribution < -0.4 is 11.4 Å². The third-order valence-corrected chi connectivity index (χ3v) is 3.88. The lowest BCUT2D eigenvalue weighted by Crippen LogP contribution is -2.47. The van der Waals surface area contributed by atoms with Crippen molar-refractivity contribution in [2.24, 2.45) is 11.7 Å². The Morgan fingerprint density at radius 2 is 2.20 bits per heavy atom. The summed E-state index contributed by atoms with van der Waals surface area (Å²) in [6.45, 7) is 5.62. The van der Waals surface area contributed by atoms with Gasteiger partial charge in [-0.15, -0.1) is 5.10 Å². The zero-order chi connectivity index (χ0) is 14.1. The van der Waals surface area contributed by atoms with Crippen LogP contribution in [0, 0.1) is 5.92 Å². The summed E-state index contributed by atoms with van der Waals surface area (Å²) in [5, 5.41) is 4.34. The molecule has 3 rings (SSSR count). The Hall–Kier alpha value is -1.66. The molecule has 6 heteroatoms. The normalized spacial score (nSPS) is 24.3. The smallest absolute Gasteiger partial charge is 0.327 e. The van der Waals surface area contributed by atoms with Gasteiger partial charge in [-0.2, -0.15) is 0 Å². The minimum Gasteiger partial charge on any atom is -0.327 e. The number of aromatic nitrogens is 3. The summed E-state index contributed by atoms with van der Waals surface area (Å²) >= 11 is 0. The fourth-order valence-electron chi connectivity index (χ4n) is 3.05. The Labute approximate surface area is 117 Å². The van der Waals surface area contributed by atoms with Crippen molar-refractivity contribution < 1.29 is 0 Å². The summed E-state index contributed by atoms with van der Waals surface area (Å²) in [7, 11) is 0. The standard InChI is InChI=1S/C14H21N5O/c1-11-8-12(15)10-17(9-11)6-7-19-14(20)18-5-3-2-4-13(18)16-19/h2-5,11-12H,6-10,15H2,1H3. The molecule has 1 aliphatic heterocycles. The largest absolute Gasteiger partial charge is 0.350 e. The summed E-state index contributed by atoms with van der Waals surface area (Å²) in [5.41, 5.74) is 6.67. The molecule has 2 unspecified atom stereocenters. The lowest BCUT2D eigenvalue weighted by Gasteiger charge is -2.34. The highest BCUT2D eigenvalue weighted by atomic mass is 16.2. The third kappa shape index (κ3) is 2.62. The van der Waals surface area contributed by atoms with Crippen LogP contribution in [0.15, 0.2) is 29.2 Å². The first-order valence-corrected chi connectivity index (χ1v) is 7.15. The number of rotatable bonds is 3. The molecule has 6 nitrogen and oxygen atoms in total. The summed E-state index contributed by atoms with van der Waals surface area (Å²) < 4.78 is 3.12. The van der Waals surface area contributed by atoms with Crippen molar-refractivity contribution in [1.82, 2.24) is 19.1 Å². The SMILES string of the molecule is CC1CC(N)CN(CCn2nc3ccccn3c2=O)C1. The molecule has 0 radical (unpaired) electrons. The van der Waals surface area contributed by atoms with E-state index in [2.05, 4.69) is 16.9 Å². The first-order chi connectivity index (χ1) is 9.63. The highest BCUT2D eigenvalue weighted by Gasteiger charge is 2.22. The number of likely N-dealkylation sites (tertiary alicyclic amines) is 1. The molecule has 0 aliphatic carbocycles. The number of nitrogens with zero attached hydrogens (tertiary/aromatic N) is 4. The van der Waals surface area contributed by atoms with Gasteiger partial charge < -0.3 is 5.73 Å². The Morgan fingerprint density at radius 1 is 1.35 bits per heavy atom. The maximum atomic E-state index is 12.2. The van der Waals surface area contributed by atoms with Crippen molar-refractivity contribution >= 4 is 5.65 Å². The Morgan fingerprint density at radius 3 is 2.95 bits per heavy atom. The van der Waals surface area contributed by atoms with Crippen molar-refractivity contribution in [3.63, 3.8) is 0 Å². The number of hydrogen-bond donors (Lipinski definition) is 1. The molecule has 0 aromatic carbocycles. The minimum atomic E-state index is -0.0741. The van der Waals surface area contributed by atoms with E-state index in [-0.39, 0.29) is 11.7 Å². The van der Waals surface area contributed by atoms with Crippen molar-refractivity contribution in [3.8, 4) is 0 Å². The van der Waals surface area contributed by atoms with Crippen LogP contribution in [0.4, 0.5) is 0 Å². The van der Waals surface area contributed by atoms with E-state index in [4.69, 9.17) is 5.73 Å². The van der Waals surface area contributed by atoms with Gasteiger partial charge in [-0.3, -0.25) is 9.30 Å². The molecule has 0 amide bonds. The van der Waals surface area contributed by atoms with E-state index in [1.165, 1.54) is 0 Å². The second-order valence-electron chi connectivity index (χ2n) is 5.80. The molecule has 2 N–H and O–H groups in total. The monoisotopic (exact) mass is 275 g/mol. The van der Waals surface area contributed by atoms with Gasteiger partial charge in [-0.05, 0) is 24.5 Å². The van der Waals surface area contributed by atoms with E-state index in [0.29, 0.717) is 18.1 Å². The Kier molecular flexibility index (Phi) is 3.58. The van der Waals surface area contributed by atoms with Gasteiger partial charge in [-0.25, -0.2) is 9.48 Å². The molecule has 2 aromatic rings. The fraction of sp³-hybridized carbons (Fsp3) is 0.571. The summed E-state index contributed by atoms with van der Waals surface area (Å²) in [6, 6.07) is 5.82. The zero-order valence-corrected chi connectivity index (χ0v) is 11.8. The van der Waals surface area contributed by atoms with Gasteiger partial charge in [0.1, 0.15) is 0 Å². The molecule has 2 aromatic heterocycles. The van der Waals surface area contributed by atoms with Gasteiger partial charge in [0.2, 0.25) is 0 Å². The van der Waals surface area contributed by atoms with Crippen molar-refractivity contribution in [1.29, 1.82) is 0 Å². The number of pyridine rings is 1. The molecule has 2 atom stereocenters. The van der Waals surface area contributed by atoms with Crippen LogP contribution in [0.2, 0.25) is 0 Å². The van der Waals surface area contributed by atoms with E-state index in [9.17, 15) is 4.79 Å². The van der Waals surface area contributed by atoms with Gasteiger partial charge in [0, 0.05) is 31.9 Å². The Balaban J connectivity index is 1.71. The highest BCUT2D eigenvalue weighted by molar-refractivity contribution is 5.35. The summed E-state index contributed by atoms with van der Waals surface area (Å²) in [5.74, 6) is 0.622. The Bertz CT molecular complexity index is 636. The van der Waals surface area contributed by atoms with Crippen molar-refractivity contribution in [2.75, 3.05) is 19.6 Å². The van der Waals surface area contributed by atoms with Gasteiger partial charge in [0.15, 0.2) is 5.65 Å². The summed E-state index contributed by atoms with van der Waals surface area (Å²) in [4.78, 5) is 14.5. The van der Waals surface area contributed by atoms with Crippen LogP contribution in [-0.2, 0) is 6.54 Å². The molecule has 20 heavy (non-hydrogen) atoms. The van der Waals surface area contributed by atoms with Gasteiger partial charge in [0.05, 0.1) is 6.54 Å². The predicted molar refractivity (Wildman–Crippen MR) is 77.6 cm³/mol. The van der Waals surface area contributed by atoms with E-state index >= 15 is 0 Å². The highest BCUT2D eigenvalue weighted by Crippen LogP contribution is 2.14. The van der Waals surface area contributed by atoms with Crippen molar-refractivity contribution in [3.05, 3.63) is 34.9 Å².